The molecule has 0 amide bonds. The molecule has 2 N–H and O–H groups in total. The van der Waals surface area contributed by atoms with Crippen molar-refractivity contribution < 1.29 is 4.39 Å². The molecular formula is C14H19ClFN. The van der Waals surface area contributed by atoms with Crippen LogP contribution in [0.5, 0.6) is 0 Å². The minimum Gasteiger partial charge on any atom is -0.327 e. The van der Waals surface area contributed by atoms with Gasteiger partial charge >= 0.3 is 0 Å². The van der Waals surface area contributed by atoms with Gasteiger partial charge in [0, 0.05) is 11.1 Å². The van der Waals surface area contributed by atoms with Crippen molar-refractivity contribution >= 4 is 11.6 Å². The van der Waals surface area contributed by atoms with Crippen LogP contribution in [0, 0.1) is 11.7 Å². The standard InChI is InChI=1S/C14H19ClFN/c15-12-6-7-13(16)11(9-12)8-10-4-2-1-3-5-14(10)17/h6-7,9-10,14H,1-5,8,17H2. The molecule has 1 aromatic rings. The third-order valence-corrected chi connectivity index (χ3v) is 3.94. The van der Waals surface area contributed by atoms with Crippen LogP contribution in [0.1, 0.15) is 37.7 Å². The number of nitrogens with two attached hydrogens (primary N) is 1. The fourth-order valence-electron chi connectivity index (χ4n) is 2.65. The van der Waals surface area contributed by atoms with Gasteiger partial charge in [0.05, 0.1) is 0 Å². The number of halogens is 2. The maximum Gasteiger partial charge on any atom is 0.126 e. The van der Waals surface area contributed by atoms with Crippen LogP contribution < -0.4 is 5.73 Å². The van der Waals surface area contributed by atoms with E-state index in [0.29, 0.717) is 22.9 Å². The zero-order valence-corrected chi connectivity index (χ0v) is 10.7. The second-order valence-electron chi connectivity index (χ2n) is 5.00. The first-order valence-electron chi connectivity index (χ1n) is 6.36. The van der Waals surface area contributed by atoms with Gasteiger partial charge in [-0.1, -0.05) is 30.9 Å². The highest BCUT2D eigenvalue weighted by Gasteiger charge is 2.21. The van der Waals surface area contributed by atoms with Gasteiger partial charge in [0.25, 0.3) is 0 Å². The second kappa shape index (κ2) is 5.83. The van der Waals surface area contributed by atoms with Gasteiger partial charge in [-0.3, -0.25) is 0 Å². The van der Waals surface area contributed by atoms with Crippen LogP contribution in [-0.2, 0) is 6.42 Å². The molecule has 0 heterocycles. The summed E-state index contributed by atoms with van der Waals surface area (Å²) in [5.74, 6) is 0.233. The molecule has 1 fully saturated rings. The Bertz CT molecular complexity index is 380. The topological polar surface area (TPSA) is 26.0 Å². The molecule has 0 radical (unpaired) electrons. The summed E-state index contributed by atoms with van der Waals surface area (Å²) in [7, 11) is 0. The summed E-state index contributed by atoms with van der Waals surface area (Å²) >= 11 is 5.91. The van der Waals surface area contributed by atoms with E-state index in [1.54, 1.807) is 12.1 Å². The minimum atomic E-state index is -0.161. The van der Waals surface area contributed by atoms with Crippen LogP contribution in [0.15, 0.2) is 18.2 Å². The average Bonchev–Trinajstić information content (AvgIpc) is 2.50. The molecule has 17 heavy (non-hydrogen) atoms. The zero-order valence-electron chi connectivity index (χ0n) is 9.96. The van der Waals surface area contributed by atoms with E-state index in [0.717, 1.165) is 12.8 Å². The van der Waals surface area contributed by atoms with Crippen molar-refractivity contribution in [2.45, 2.75) is 44.6 Å². The van der Waals surface area contributed by atoms with Crippen LogP contribution >= 0.6 is 11.6 Å². The van der Waals surface area contributed by atoms with E-state index in [2.05, 4.69) is 0 Å². The molecule has 0 aliphatic heterocycles. The molecule has 0 bridgehead atoms. The summed E-state index contributed by atoms with van der Waals surface area (Å²) in [6, 6.07) is 4.97. The van der Waals surface area contributed by atoms with E-state index in [-0.39, 0.29) is 11.9 Å². The zero-order chi connectivity index (χ0) is 12.3. The van der Waals surface area contributed by atoms with Crippen LogP contribution in [0.2, 0.25) is 5.02 Å². The van der Waals surface area contributed by atoms with Gasteiger partial charge in [-0.15, -0.1) is 0 Å². The van der Waals surface area contributed by atoms with E-state index in [4.69, 9.17) is 17.3 Å². The monoisotopic (exact) mass is 255 g/mol. The van der Waals surface area contributed by atoms with Crippen molar-refractivity contribution in [3.8, 4) is 0 Å². The minimum absolute atomic E-state index is 0.161. The SMILES string of the molecule is NC1CCCCCC1Cc1cc(Cl)ccc1F. The molecule has 1 aliphatic rings. The lowest BCUT2D eigenvalue weighted by Gasteiger charge is -2.21. The van der Waals surface area contributed by atoms with Crippen LogP contribution in [-0.4, -0.2) is 6.04 Å². The third-order valence-electron chi connectivity index (χ3n) is 3.71. The van der Waals surface area contributed by atoms with E-state index >= 15 is 0 Å². The fourth-order valence-corrected chi connectivity index (χ4v) is 2.84. The summed E-state index contributed by atoms with van der Waals surface area (Å²) in [5, 5.41) is 0.601. The number of hydrogen-bond donors (Lipinski definition) is 1. The Kier molecular flexibility index (Phi) is 4.41. The Balaban J connectivity index is 2.10. The van der Waals surface area contributed by atoms with Gasteiger partial charge in [-0.2, -0.15) is 0 Å². The van der Waals surface area contributed by atoms with Crippen LogP contribution in [0.3, 0.4) is 0 Å². The largest absolute Gasteiger partial charge is 0.327 e. The van der Waals surface area contributed by atoms with E-state index in [1.165, 1.54) is 25.3 Å². The average molecular weight is 256 g/mol. The highest BCUT2D eigenvalue weighted by molar-refractivity contribution is 6.30. The molecule has 94 valence electrons. The lowest BCUT2D eigenvalue weighted by Crippen LogP contribution is -2.30. The van der Waals surface area contributed by atoms with Crippen molar-refractivity contribution in [3.05, 3.63) is 34.6 Å². The third kappa shape index (κ3) is 3.43. The molecule has 2 unspecified atom stereocenters. The van der Waals surface area contributed by atoms with Gasteiger partial charge in [0.2, 0.25) is 0 Å². The summed E-state index contributed by atoms with van der Waals surface area (Å²) in [5.41, 5.74) is 6.87. The van der Waals surface area contributed by atoms with Gasteiger partial charge in [-0.25, -0.2) is 4.39 Å². The van der Waals surface area contributed by atoms with Crippen molar-refractivity contribution in [1.29, 1.82) is 0 Å². The molecule has 0 aromatic heterocycles. The van der Waals surface area contributed by atoms with Crippen molar-refractivity contribution in [3.63, 3.8) is 0 Å². The molecule has 1 aliphatic carbocycles. The summed E-state index contributed by atoms with van der Waals surface area (Å²) in [4.78, 5) is 0. The van der Waals surface area contributed by atoms with Gasteiger partial charge in [0.15, 0.2) is 0 Å². The molecule has 2 atom stereocenters. The van der Waals surface area contributed by atoms with E-state index in [9.17, 15) is 4.39 Å². The molecule has 0 spiro atoms. The van der Waals surface area contributed by atoms with Crippen LogP contribution in [0.25, 0.3) is 0 Å². The first-order chi connectivity index (χ1) is 8.16. The Morgan fingerprint density at radius 1 is 1.24 bits per heavy atom. The molecule has 3 heteroatoms. The Morgan fingerprint density at radius 3 is 2.82 bits per heavy atom. The molecule has 1 aromatic carbocycles. The number of rotatable bonds is 2. The van der Waals surface area contributed by atoms with Gasteiger partial charge in [-0.05, 0) is 48.9 Å². The molecule has 0 saturated heterocycles. The van der Waals surface area contributed by atoms with Crippen molar-refractivity contribution in [2.75, 3.05) is 0 Å². The maximum absolute atomic E-state index is 13.7. The van der Waals surface area contributed by atoms with Crippen molar-refractivity contribution in [1.82, 2.24) is 0 Å². The second-order valence-corrected chi connectivity index (χ2v) is 5.44. The van der Waals surface area contributed by atoms with Crippen LogP contribution in [0.4, 0.5) is 4.39 Å². The summed E-state index contributed by atoms with van der Waals surface area (Å²) in [6.45, 7) is 0. The number of benzene rings is 1. The first-order valence-corrected chi connectivity index (χ1v) is 6.74. The lowest BCUT2D eigenvalue weighted by atomic mass is 9.89. The Labute approximate surface area is 107 Å². The summed E-state index contributed by atoms with van der Waals surface area (Å²) < 4.78 is 13.7. The molecule has 1 nitrogen and oxygen atoms in total. The lowest BCUT2D eigenvalue weighted by molar-refractivity contribution is 0.390. The highest BCUT2D eigenvalue weighted by Crippen LogP contribution is 2.27. The normalized spacial score (nSPS) is 25.6. The fraction of sp³-hybridized carbons (Fsp3) is 0.571. The Morgan fingerprint density at radius 2 is 2.00 bits per heavy atom. The van der Waals surface area contributed by atoms with Gasteiger partial charge in [0.1, 0.15) is 5.82 Å². The predicted molar refractivity (Wildman–Crippen MR) is 69.7 cm³/mol. The molecule has 2 rings (SSSR count). The van der Waals surface area contributed by atoms with Gasteiger partial charge < -0.3 is 5.73 Å². The molecular weight excluding hydrogens is 237 g/mol. The quantitative estimate of drug-likeness (QED) is 0.797. The predicted octanol–water partition coefficient (Wildman–Crippen LogP) is 3.93. The Hall–Kier alpha value is -0.600. The first kappa shape index (κ1) is 12.8. The maximum atomic E-state index is 13.7. The van der Waals surface area contributed by atoms with Crippen molar-refractivity contribution in [2.24, 2.45) is 11.7 Å². The summed E-state index contributed by atoms with van der Waals surface area (Å²) in [6.07, 6.45) is 6.55. The van der Waals surface area contributed by atoms with E-state index in [1.807, 2.05) is 0 Å². The smallest absolute Gasteiger partial charge is 0.126 e. The highest BCUT2D eigenvalue weighted by atomic mass is 35.5. The molecule has 1 saturated carbocycles. The number of hydrogen-bond acceptors (Lipinski definition) is 1. The van der Waals surface area contributed by atoms with E-state index < -0.39 is 0 Å².